The molecular weight excluding hydrogens is 398 g/mol. The van der Waals surface area contributed by atoms with Crippen molar-refractivity contribution >= 4 is 54.8 Å². The number of rotatable bonds is 3. The molecule has 1 aromatic carbocycles. The Morgan fingerprint density at radius 3 is 2.63 bits per heavy atom. The van der Waals surface area contributed by atoms with E-state index >= 15 is 0 Å². The Hall–Kier alpha value is -1.05. The lowest BCUT2D eigenvalue weighted by Crippen LogP contribution is -2.11. The van der Waals surface area contributed by atoms with Crippen molar-refractivity contribution in [2.45, 2.75) is 0 Å². The van der Waals surface area contributed by atoms with Gasteiger partial charge in [-0.1, -0.05) is 0 Å². The molecule has 0 aliphatic heterocycles. The van der Waals surface area contributed by atoms with Crippen LogP contribution in [-0.2, 0) is 0 Å². The van der Waals surface area contributed by atoms with Crippen molar-refractivity contribution in [3.63, 3.8) is 0 Å². The highest BCUT2D eigenvalue weighted by Crippen LogP contribution is 2.33. The van der Waals surface area contributed by atoms with E-state index in [2.05, 4.69) is 37.2 Å². The average Bonchev–Trinajstić information content (AvgIpc) is 2.69. The van der Waals surface area contributed by atoms with Gasteiger partial charge in [-0.25, -0.2) is 0 Å². The fourth-order valence-corrected chi connectivity index (χ4v) is 4.25. The Balaban J connectivity index is 2.19. The number of nitrogens with one attached hydrogen (secondary N) is 1. The zero-order valence-corrected chi connectivity index (χ0v) is 13.7. The molecule has 100 valence electrons. The van der Waals surface area contributed by atoms with E-state index in [1.54, 1.807) is 18.2 Å². The summed E-state index contributed by atoms with van der Waals surface area (Å²) in [5.74, 6) is 0.0849. The number of hydrogen-bond acceptors (Lipinski definition) is 4. The molecule has 0 fully saturated rings. The number of methoxy groups -OCH3 is 1. The van der Waals surface area contributed by atoms with Crippen molar-refractivity contribution in [3.05, 3.63) is 37.4 Å². The molecule has 0 atom stereocenters. The number of carbonyl (C=O) groups is 1. The second-order valence-corrected chi connectivity index (χ2v) is 7.33. The van der Waals surface area contributed by atoms with Crippen LogP contribution in [0.1, 0.15) is 10.4 Å². The summed E-state index contributed by atoms with van der Waals surface area (Å²) in [6, 6.07) is 6.41. The largest absolute Gasteiger partial charge is 0.504 e. The summed E-state index contributed by atoms with van der Waals surface area (Å²) in [7, 11) is 1.47. The Morgan fingerprint density at radius 2 is 2.11 bits per heavy atom. The second-order valence-electron chi connectivity index (χ2n) is 3.58. The Bertz CT molecular complexity index is 627. The number of amides is 1. The number of phenols is 1. The minimum absolute atomic E-state index is 0.0223. The highest BCUT2D eigenvalue weighted by Gasteiger charge is 2.14. The van der Waals surface area contributed by atoms with Gasteiger partial charge in [-0.15, -0.1) is 11.3 Å². The molecule has 19 heavy (non-hydrogen) atoms. The first-order valence-corrected chi connectivity index (χ1v) is 7.54. The summed E-state index contributed by atoms with van der Waals surface area (Å²) in [4.78, 5) is 12.0. The lowest BCUT2D eigenvalue weighted by atomic mass is 10.2. The predicted octanol–water partition coefficient (Wildman–Crippen LogP) is 4.24. The minimum atomic E-state index is -0.251. The van der Waals surface area contributed by atoms with Crippen molar-refractivity contribution in [3.8, 4) is 11.5 Å². The lowest BCUT2D eigenvalue weighted by molar-refractivity contribution is 0.102. The molecule has 7 heteroatoms. The molecule has 2 aromatic rings. The average molecular weight is 407 g/mol. The van der Waals surface area contributed by atoms with E-state index in [1.807, 2.05) is 0 Å². The molecule has 0 saturated carbocycles. The third kappa shape index (κ3) is 3.29. The van der Waals surface area contributed by atoms with E-state index in [-0.39, 0.29) is 11.7 Å². The third-order valence-electron chi connectivity index (χ3n) is 2.34. The van der Waals surface area contributed by atoms with Crippen LogP contribution in [0.25, 0.3) is 0 Å². The van der Waals surface area contributed by atoms with Gasteiger partial charge in [0, 0.05) is 11.8 Å². The van der Waals surface area contributed by atoms with E-state index in [1.165, 1.54) is 24.5 Å². The number of ether oxygens (including phenoxy) is 1. The molecule has 4 nitrogen and oxygen atoms in total. The Morgan fingerprint density at radius 1 is 1.37 bits per heavy atom. The van der Waals surface area contributed by atoms with Crippen LogP contribution >= 0.6 is 43.2 Å². The van der Waals surface area contributed by atoms with E-state index in [0.29, 0.717) is 17.0 Å². The van der Waals surface area contributed by atoms with Crippen LogP contribution in [0.5, 0.6) is 11.5 Å². The normalized spacial score (nSPS) is 10.3. The van der Waals surface area contributed by atoms with Crippen molar-refractivity contribution in [2.75, 3.05) is 12.4 Å². The maximum atomic E-state index is 12.0. The number of anilines is 1. The van der Waals surface area contributed by atoms with Gasteiger partial charge < -0.3 is 15.2 Å². The molecule has 0 bridgehead atoms. The number of thiophene rings is 1. The molecule has 0 radical (unpaired) electrons. The summed E-state index contributed by atoms with van der Waals surface area (Å²) in [5.41, 5.74) is 1.03. The van der Waals surface area contributed by atoms with Crippen LogP contribution < -0.4 is 10.1 Å². The smallest absolute Gasteiger partial charge is 0.257 e. The molecule has 0 saturated heterocycles. The molecule has 2 N–H and O–H groups in total. The first kappa shape index (κ1) is 14.4. The topological polar surface area (TPSA) is 58.6 Å². The third-order valence-corrected chi connectivity index (χ3v) is 4.68. The van der Waals surface area contributed by atoms with Crippen LogP contribution in [0, 0.1) is 0 Å². The molecule has 0 aliphatic rings. The first-order chi connectivity index (χ1) is 9.01. The van der Waals surface area contributed by atoms with Crippen molar-refractivity contribution in [1.29, 1.82) is 0 Å². The van der Waals surface area contributed by atoms with Gasteiger partial charge in [-0.2, -0.15) is 0 Å². The zero-order chi connectivity index (χ0) is 14.0. The fourth-order valence-electron chi connectivity index (χ4n) is 1.46. The summed E-state index contributed by atoms with van der Waals surface area (Å²) < 4.78 is 6.55. The van der Waals surface area contributed by atoms with Gasteiger partial charge in [-0.3, -0.25) is 4.79 Å². The first-order valence-electron chi connectivity index (χ1n) is 5.14. The summed E-state index contributed by atoms with van der Waals surface area (Å²) >= 11 is 8.07. The number of carbonyl (C=O) groups excluding carboxylic acids is 1. The van der Waals surface area contributed by atoms with Gasteiger partial charge in [0.2, 0.25) is 0 Å². The lowest BCUT2D eigenvalue weighted by Gasteiger charge is -2.07. The summed E-state index contributed by atoms with van der Waals surface area (Å²) in [6.07, 6.45) is 0. The maximum absolute atomic E-state index is 12.0. The molecule has 0 unspecified atom stereocenters. The Labute approximate surface area is 130 Å². The highest BCUT2D eigenvalue weighted by atomic mass is 79.9. The van der Waals surface area contributed by atoms with Crippen LogP contribution in [0.2, 0.25) is 0 Å². The van der Waals surface area contributed by atoms with Crippen LogP contribution in [0.3, 0.4) is 0 Å². The number of hydrogen-bond donors (Lipinski definition) is 2. The molecular formula is C12H9Br2NO3S. The van der Waals surface area contributed by atoms with Crippen LogP contribution in [0.4, 0.5) is 5.69 Å². The van der Waals surface area contributed by atoms with Gasteiger partial charge in [0.05, 0.1) is 20.2 Å². The summed E-state index contributed by atoms with van der Waals surface area (Å²) in [5, 5.41) is 12.3. The Kier molecular flexibility index (Phi) is 4.49. The SMILES string of the molecule is COc1ccc(NC(=O)c2cc(Br)sc2Br)cc1O. The highest BCUT2D eigenvalue weighted by molar-refractivity contribution is 9.12. The number of halogens is 2. The van der Waals surface area contributed by atoms with Crippen molar-refractivity contribution in [2.24, 2.45) is 0 Å². The van der Waals surface area contributed by atoms with E-state index < -0.39 is 0 Å². The van der Waals surface area contributed by atoms with Gasteiger partial charge in [0.1, 0.15) is 0 Å². The van der Waals surface area contributed by atoms with Gasteiger partial charge in [0.25, 0.3) is 5.91 Å². The standard InChI is InChI=1S/C12H9Br2NO3S/c1-18-9-3-2-6(4-8(9)16)15-12(17)7-5-10(13)19-11(7)14/h2-5,16H,1H3,(H,15,17). The molecule has 2 rings (SSSR count). The van der Waals surface area contributed by atoms with Crippen LogP contribution in [0.15, 0.2) is 31.8 Å². The maximum Gasteiger partial charge on any atom is 0.257 e. The van der Waals surface area contributed by atoms with Gasteiger partial charge >= 0.3 is 0 Å². The van der Waals surface area contributed by atoms with E-state index in [4.69, 9.17) is 4.74 Å². The second kappa shape index (κ2) is 5.94. The predicted molar refractivity (Wildman–Crippen MR) is 82.3 cm³/mol. The minimum Gasteiger partial charge on any atom is -0.504 e. The summed E-state index contributed by atoms with van der Waals surface area (Å²) in [6.45, 7) is 0. The van der Waals surface area contributed by atoms with E-state index in [9.17, 15) is 9.90 Å². The molecule has 1 amide bonds. The van der Waals surface area contributed by atoms with Crippen LogP contribution in [-0.4, -0.2) is 18.1 Å². The number of benzene rings is 1. The van der Waals surface area contributed by atoms with Gasteiger partial charge in [0.15, 0.2) is 11.5 Å². The number of phenolic OH excluding ortho intramolecular Hbond substituents is 1. The fraction of sp³-hybridized carbons (Fsp3) is 0.0833. The molecule has 0 spiro atoms. The van der Waals surface area contributed by atoms with Gasteiger partial charge in [-0.05, 0) is 50.1 Å². The monoisotopic (exact) mass is 405 g/mol. The molecule has 1 aromatic heterocycles. The molecule has 0 aliphatic carbocycles. The van der Waals surface area contributed by atoms with Crippen molar-refractivity contribution in [1.82, 2.24) is 0 Å². The van der Waals surface area contributed by atoms with Crippen molar-refractivity contribution < 1.29 is 14.6 Å². The zero-order valence-electron chi connectivity index (χ0n) is 9.74. The van der Waals surface area contributed by atoms with E-state index in [0.717, 1.165) is 7.57 Å². The number of aromatic hydroxyl groups is 1. The quantitative estimate of drug-likeness (QED) is 0.801. The molecule has 1 heterocycles.